The summed E-state index contributed by atoms with van der Waals surface area (Å²) in [7, 11) is 0. The van der Waals surface area contributed by atoms with E-state index in [2.05, 4.69) is 17.6 Å². The molecule has 0 aliphatic heterocycles. The Kier molecular flexibility index (Phi) is 4.14. The molecule has 1 rings (SSSR count). The van der Waals surface area contributed by atoms with Crippen molar-refractivity contribution in [2.75, 3.05) is 0 Å². The maximum Gasteiger partial charge on any atom is 0.237 e. The van der Waals surface area contributed by atoms with Crippen LogP contribution >= 0.6 is 0 Å². The highest BCUT2D eigenvalue weighted by molar-refractivity contribution is 5.81. The average Bonchev–Trinajstić information content (AvgIpc) is 2.50. The summed E-state index contributed by atoms with van der Waals surface area (Å²) < 4.78 is 0. The van der Waals surface area contributed by atoms with Crippen molar-refractivity contribution in [3.8, 4) is 0 Å². The SMILES string of the molecule is CC(C)NC(=O)C(C)NC1(C)CCCC1. The number of hydrogen-bond donors (Lipinski definition) is 2. The molecular formula is C12H24N2O. The summed E-state index contributed by atoms with van der Waals surface area (Å²) in [5.41, 5.74) is 0.174. The number of hydrogen-bond acceptors (Lipinski definition) is 2. The fourth-order valence-corrected chi connectivity index (χ4v) is 2.30. The first-order valence-corrected chi connectivity index (χ1v) is 6.01. The van der Waals surface area contributed by atoms with Crippen LogP contribution in [0.15, 0.2) is 0 Å². The van der Waals surface area contributed by atoms with Crippen molar-refractivity contribution in [2.45, 2.75) is 71.0 Å². The zero-order valence-corrected chi connectivity index (χ0v) is 10.4. The molecule has 1 aliphatic carbocycles. The lowest BCUT2D eigenvalue weighted by Gasteiger charge is -2.29. The molecule has 1 amide bonds. The lowest BCUT2D eigenvalue weighted by molar-refractivity contribution is -0.123. The van der Waals surface area contributed by atoms with E-state index in [-0.39, 0.29) is 23.5 Å². The molecule has 0 spiro atoms. The van der Waals surface area contributed by atoms with E-state index in [4.69, 9.17) is 0 Å². The number of carbonyl (C=O) groups excluding carboxylic acids is 1. The van der Waals surface area contributed by atoms with Crippen LogP contribution in [0.1, 0.15) is 53.4 Å². The molecule has 88 valence electrons. The molecule has 1 saturated carbocycles. The van der Waals surface area contributed by atoms with Gasteiger partial charge in [-0.05, 0) is 40.5 Å². The van der Waals surface area contributed by atoms with Gasteiger partial charge in [0, 0.05) is 11.6 Å². The highest BCUT2D eigenvalue weighted by Crippen LogP contribution is 2.29. The van der Waals surface area contributed by atoms with Crippen molar-refractivity contribution in [3.63, 3.8) is 0 Å². The molecule has 3 heteroatoms. The Labute approximate surface area is 93.0 Å². The quantitative estimate of drug-likeness (QED) is 0.746. The summed E-state index contributed by atoms with van der Waals surface area (Å²) in [5, 5.41) is 6.38. The summed E-state index contributed by atoms with van der Waals surface area (Å²) in [6, 6.07) is 0.133. The summed E-state index contributed by atoms with van der Waals surface area (Å²) >= 11 is 0. The molecule has 0 bridgehead atoms. The lowest BCUT2D eigenvalue weighted by atomic mass is 9.99. The highest BCUT2D eigenvalue weighted by Gasteiger charge is 2.31. The van der Waals surface area contributed by atoms with Gasteiger partial charge in [-0.1, -0.05) is 12.8 Å². The lowest BCUT2D eigenvalue weighted by Crippen LogP contribution is -2.52. The molecule has 1 atom stereocenters. The third kappa shape index (κ3) is 3.82. The maximum absolute atomic E-state index is 11.7. The fourth-order valence-electron chi connectivity index (χ4n) is 2.30. The normalized spacial score (nSPS) is 21.7. The van der Waals surface area contributed by atoms with E-state index in [1.807, 2.05) is 20.8 Å². The summed E-state index contributed by atoms with van der Waals surface area (Å²) in [4.78, 5) is 11.7. The van der Waals surface area contributed by atoms with Crippen LogP contribution < -0.4 is 10.6 Å². The molecule has 1 aliphatic rings. The van der Waals surface area contributed by atoms with Gasteiger partial charge in [0.05, 0.1) is 6.04 Å². The Bertz CT molecular complexity index is 220. The molecule has 0 aromatic carbocycles. The van der Waals surface area contributed by atoms with E-state index in [1.165, 1.54) is 25.7 Å². The first kappa shape index (κ1) is 12.5. The van der Waals surface area contributed by atoms with Crippen LogP contribution in [0.5, 0.6) is 0 Å². The smallest absolute Gasteiger partial charge is 0.237 e. The Morgan fingerprint density at radius 1 is 1.20 bits per heavy atom. The minimum Gasteiger partial charge on any atom is -0.353 e. The van der Waals surface area contributed by atoms with Gasteiger partial charge in [0.25, 0.3) is 0 Å². The van der Waals surface area contributed by atoms with Crippen molar-refractivity contribution in [1.29, 1.82) is 0 Å². The van der Waals surface area contributed by atoms with Crippen LogP contribution in [0.4, 0.5) is 0 Å². The third-order valence-electron chi connectivity index (χ3n) is 3.10. The molecule has 2 N–H and O–H groups in total. The van der Waals surface area contributed by atoms with E-state index in [1.54, 1.807) is 0 Å². The number of carbonyl (C=O) groups is 1. The molecule has 15 heavy (non-hydrogen) atoms. The van der Waals surface area contributed by atoms with E-state index in [9.17, 15) is 4.79 Å². The summed E-state index contributed by atoms with van der Waals surface area (Å²) in [6.45, 7) is 8.14. The van der Waals surface area contributed by atoms with Gasteiger partial charge in [0.2, 0.25) is 5.91 Å². The van der Waals surface area contributed by atoms with E-state index < -0.39 is 0 Å². The number of amides is 1. The van der Waals surface area contributed by atoms with Crippen LogP contribution in [0, 0.1) is 0 Å². The van der Waals surface area contributed by atoms with Gasteiger partial charge in [0.15, 0.2) is 0 Å². The maximum atomic E-state index is 11.7. The van der Waals surface area contributed by atoms with E-state index >= 15 is 0 Å². The highest BCUT2D eigenvalue weighted by atomic mass is 16.2. The first-order valence-electron chi connectivity index (χ1n) is 6.01. The third-order valence-corrected chi connectivity index (χ3v) is 3.10. The second kappa shape index (κ2) is 4.97. The largest absolute Gasteiger partial charge is 0.353 e. The Hall–Kier alpha value is -0.570. The Morgan fingerprint density at radius 2 is 1.73 bits per heavy atom. The topological polar surface area (TPSA) is 41.1 Å². The minimum atomic E-state index is -0.0875. The van der Waals surface area contributed by atoms with Crippen LogP contribution in [0.2, 0.25) is 0 Å². The van der Waals surface area contributed by atoms with Gasteiger partial charge in [-0.2, -0.15) is 0 Å². The first-order chi connectivity index (χ1) is 6.93. The number of nitrogens with one attached hydrogen (secondary N) is 2. The molecule has 0 radical (unpaired) electrons. The van der Waals surface area contributed by atoms with Gasteiger partial charge >= 0.3 is 0 Å². The fraction of sp³-hybridized carbons (Fsp3) is 0.917. The Morgan fingerprint density at radius 3 is 2.20 bits per heavy atom. The van der Waals surface area contributed by atoms with E-state index in [0.29, 0.717) is 0 Å². The molecule has 0 saturated heterocycles. The van der Waals surface area contributed by atoms with Crippen molar-refractivity contribution in [1.82, 2.24) is 10.6 Å². The van der Waals surface area contributed by atoms with Gasteiger partial charge in [0.1, 0.15) is 0 Å². The summed E-state index contributed by atoms with van der Waals surface area (Å²) in [5.74, 6) is 0.109. The molecule has 1 unspecified atom stereocenters. The molecular weight excluding hydrogens is 188 g/mol. The second-order valence-corrected chi connectivity index (χ2v) is 5.30. The predicted molar refractivity (Wildman–Crippen MR) is 62.7 cm³/mol. The molecule has 0 aromatic rings. The minimum absolute atomic E-state index is 0.0875. The Balaban J connectivity index is 2.40. The van der Waals surface area contributed by atoms with Gasteiger partial charge < -0.3 is 10.6 Å². The monoisotopic (exact) mass is 212 g/mol. The molecule has 1 fully saturated rings. The molecule has 0 aromatic heterocycles. The van der Waals surface area contributed by atoms with Crippen LogP contribution in [0.3, 0.4) is 0 Å². The molecule has 0 heterocycles. The van der Waals surface area contributed by atoms with Crippen molar-refractivity contribution in [3.05, 3.63) is 0 Å². The standard InChI is InChI=1S/C12H24N2O/c1-9(2)13-11(15)10(3)14-12(4)7-5-6-8-12/h9-10,14H,5-8H2,1-4H3,(H,13,15). The zero-order chi connectivity index (χ0) is 11.5. The van der Waals surface area contributed by atoms with Crippen LogP contribution in [-0.4, -0.2) is 23.5 Å². The average molecular weight is 212 g/mol. The summed E-state index contributed by atoms with van der Waals surface area (Å²) in [6.07, 6.45) is 4.93. The van der Waals surface area contributed by atoms with Crippen LogP contribution in [0.25, 0.3) is 0 Å². The van der Waals surface area contributed by atoms with Gasteiger partial charge in [-0.25, -0.2) is 0 Å². The predicted octanol–water partition coefficient (Wildman–Crippen LogP) is 1.82. The second-order valence-electron chi connectivity index (χ2n) is 5.30. The van der Waals surface area contributed by atoms with Crippen LogP contribution in [-0.2, 0) is 4.79 Å². The van der Waals surface area contributed by atoms with Gasteiger partial charge in [-0.15, -0.1) is 0 Å². The zero-order valence-electron chi connectivity index (χ0n) is 10.4. The van der Waals surface area contributed by atoms with Crippen molar-refractivity contribution >= 4 is 5.91 Å². The van der Waals surface area contributed by atoms with Crippen molar-refractivity contribution < 1.29 is 4.79 Å². The van der Waals surface area contributed by atoms with E-state index in [0.717, 1.165) is 0 Å². The molecule has 3 nitrogen and oxygen atoms in total. The van der Waals surface area contributed by atoms with Crippen molar-refractivity contribution in [2.24, 2.45) is 0 Å². The number of rotatable bonds is 4. The van der Waals surface area contributed by atoms with Gasteiger partial charge in [-0.3, -0.25) is 4.79 Å².